The van der Waals surface area contributed by atoms with Gasteiger partial charge in [0.05, 0.1) is 0 Å². The summed E-state index contributed by atoms with van der Waals surface area (Å²) in [5, 5.41) is 12.3. The fraction of sp³-hybridized carbons (Fsp3) is 0.333. The zero-order valence-corrected chi connectivity index (χ0v) is 15.0. The number of aromatic amines is 1. The summed E-state index contributed by atoms with van der Waals surface area (Å²) >= 11 is 0. The topological polar surface area (TPSA) is 145 Å². The van der Waals surface area contributed by atoms with Crippen LogP contribution in [0.2, 0.25) is 0 Å². The molecule has 0 aliphatic carbocycles. The number of nitrogens with zero attached hydrogens (tertiary/aromatic N) is 2. The van der Waals surface area contributed by atoms with E-state index in [0.29, 0.717) is 17.3 Å². The second-order valence-electron chi connectivity index (χ2n) is 6.08. The lowest BCUT2D eigenvalue weighted by Gasteiger charge is -2.19. The monoisotopic (exact) mass is 390 g/mol. The van der Waals surface area contributed by atoms with Gasteiger partial charge in [0.2, 0.25) is 11.7 Å². The van der Waals surface area contributed by atoms with Gasteiger partial charge in [-0.15, -0.1) is 0 Å². The Bertz CT molecular complexity index is 935. The molecule has 0 aliphatic rings. The first kappa shape index (κ1) is 20.9. The number of ether oxygens (including phenoxy) is 1. The number of H-pyrrole nitrogens is 1. The third kappa shape index (κ3) is 5.32. The minimum atomic E-state index is -1.31. The molecule has 3 N–H and O–H groups in total. The van der Waals surface area contributed by atoms with Crippen LogP contribution in [0.3, 0.4) is 0 Å². The van der Waals surface area contributed by atoms with E-state index in [0.717, 1.165) is 5.39 Å². The van der Waals surface area contributed by atoms with Crippen LogP contribution in [-0.2, 0) is 25.5 Å². The van der Waals surface area contributed by atoms with E-state index < -0.39 is 35.6 Å². The number of halogens is 1. The third-order valence-electron chi connectivity index (χ3n) is 4.21. The lowest BCUT2D eigenvalue weighted by atomic mass is 10.0. The predicted molar refractivity (Wildman–Crippen MR) is 96.2 cm³/mol. The van der Waals surface area contributed by atoms with Crippen LogP contribution in [-0.4, -0.2) is 58.0 Å². The number of methoxy groups -OCH3 is 1. The summed E-state index contributed by atoms with van der Waals surface area (Å²) in [5.74, 6) is -2.93. The van der Waals surface area contributed by atoms with Crippen LogP contribution in [0.5, 0.6) is 0 Å². The number of hydrogen-bond donors (Lipinski definition) is 3. The molecule has 0 saturated heterocycles. The largest absolute Gasteiger partial charge is 0.480 e. The molecular weight excluding hydrogens is 371 g/mol. The summed E-state index contributed by atoms with van der Waals surface area (Å²) in [6, 6.07) is 2.90. The number of fused-ring (bicyclic) bond motifs is 1. The van der Waals surface area contributed by atoms with E-state index in [2.05, 4.69) is 15.1 Å². The van der Waals surface area contributed by atoms with Crippen molar-refractivity contribution < 1.29 is 33.4 Å². The fourth-order valence-corrected chi connectivity index (χ4v) is 2.75. The maximum atomic E-state index is 13.3. The Morgan fingerprint density at radius 1 is 1.43 bits per heavy atom. The van der Waals surface area contributed by atoms with Gasteiger partial charge in [0.15, 0.2) is 0 Å². The van der Waals surface area contributed by atoms with Gasteiger partial charge in [-0.1, -0.05) is 0 Å². The molecule has 0 saturated carbocycles. The summed E-state index contributed by atoms with van der Waals surface area (Å²) in [6.07, 6.45) is 1.06. The van der Waals surface area contributed by atoms with Crippen LogP contribution in [0.4, 0.5) is 4.39 Å². The van der Waals surface area contributed by atoms with Gasteiger partial charge in [-0.2, -0.15) is 4.79 Å². The van der Waals surface area contributed by atoms with Crippen molar-refractivity contribution in [3.8, 4) is 0 Å². The van der Waals surface area contributed by atoms with Crippen molar-refractivity contribution in [3.63, 3.8) is 0 Å². The molecule has 2 unspecified atom stereocenters. The van der Waals surface area contributed by atoms with Gasteiger partial charge < -0.3 is 25.7 Å². The Kier molecular flexibility index (Phi) is 7.14. The van der Waals surface area contributed by atoms with E-state index in [4.69, 9.17) is 10.3 Å². The minimum Gasteiger partial charge on any atom is -0.480 e. The molecule has 9 nitrogen and oxygen atoms in total. The maximum absolute atomic E-state index is 13.3. The zero-order chi connectivity index (χ0) is 20.7. The minimum absolute atomic E-state index is 0.135. The van der Waals surface area contributed by atoms with Gasteiger partial charge in [0.1, 0.15) is 18.0 Å². The van der Waals surface area contributed by atoms with Crippen LogP contribution in [0.15, 0.2) is 24.4 Å². The van der Waals surface area contributed by atoms with E-state index in [9.17, 15) is 23.9 Å². The van der Waals surface area contributed by atoms with E-state index >= 15 is 0 Å². The second-order valence-corrected chi connectivity index (χ2v) is 6.08. The highest BCUT2D eigenvalue weighted by molar-refractivity contribution is 6.25. The molecule has 10 heteroatoms. The molecule has 0 aliphatic heterocycles. The normalized spacial score (nSPS) is 12.8. The first-order valence-corrected chi connectivity index (χ1v) is 8.37. The van der Waals surface area contributed by atoms with Crippen molar-refractivity contribution in [2.75, 3.05) is 7.11 Å². The van der Waals surface area contributed by atoms with Crippen molar-refractivity contribution in [1.82, 2.24) is 10.3 Å². The summed E-state index contributed by atoms with van der Waals surface area (Å²) in [4.78, 5) is 40.6. The molecule has 1 aromatic heterocycles. The highest BCUT2D eigenvalue weighted by Crippen LogP contribution is 2.21. The summed E-state index contributed by atoms with van der Waals surface area (Å²) in [7, 11) is 1.32. The number of Topliss-reactive ketones (excluding diaryl/α,β-unsaturated/α-hetero) is 1. The standard InChI is InChI=1S/C18H19FN4O5/c1-28-16(6-10-8-21-15-7-11(19)2-4-13(10)15)17(25)23-14(18(26)27)5-3-12(24)9-22-20/h2,4,7-9,14,16,21H,3,5-6H2,1H3,(H,23,25)(H,26,27). The average molecular weight is 390 g/mol. The zero-order valence-electron chi connectivity index (χ0n) is 15.0. The molecule has 2 atom stereocenters. The average Bonchev–Trinajstić information content (AvgIpc) is 3.04. The molecule has 0 bridgehead atoms. The SMILES string of the molecule is COC(Cc1c[nH]c2cc(F)ccc12)C(=O)NC(CCC(=O)C=[N+]=[N-])C(=O)O. The number of carbonyl (C=O) groups is 3. The number of rotatable bonds is 10. The number of amides is 1. The van der Waals surface area contributed by atoms with Crippen LogP contribution < -0.4 is 5.32 Å². The van der Waals surface area contributed by atoms with Gasteiger partial charge in [0.25, 0.3) is 0 Å². The molecule has 0 radical (unpaired) electrons. The Morgan fingerprint density at radius 2 is 2.18 bits per heavy atom. The third-order valence-corrected chi connectivity index (χ3v) is 4.21. The summed E-state index contributed by atoms with van der Waals surface area (Å²) in [6.45, 7) is 0. The van der Waals surface area contributed by atoms with Crippen LogP contribution >= 0.6 is 0 Å². The molecule has 0 spiro atoms. The Hall–Kier alpha value is -3.36. The first-order chi connectivity index (χ1) is 13.3. The fourth-order valence-electron chi connectivity index (χ4n) is 2.75. The van der Waals surface area contributed by atoms with Crippen LogP contribution in [0.1, 0.15) is 18.4 Å². The highest BCUT2D eigenvalue weighted by atomic mass is 19.1. The number of carboxylic acids is 1. The smallest absolute Gasteiger partial charge is 0.326 e. The number of aromatic nitrogens is 1. The molecular formula is C18H19FN4O5. The van der Waals surface area contributed by atoms with Gasteiger partial charge >= 0.3 is 12.2 Å². The molecule has 148 valence electrons. The van der Waals surface area contributed by atoms with Crippen LogP contribution in [0, 0.1) is 5.82 Å². The van der Waals surface area contributed by atoms with Crippen molar-refractivity contribution in [2.45, 2.75) is 31.4 Å². The number of ketones is 1. The van der Waals surface area contributed by atoms with Crippen molar-refractivity contribution >= 4 is 34.8 Å². The molecule has 0 fully saturated rings. The predicted octanol–water partition coefficient (Wildman–Crippen LogP) is 1.08. The lowest BCUT2D eigenvalue weighted by Crippen LogP contribution is -2.46. The second kappa shape index (κ2) is 9.54. The maximum Gasteiger partial charge on any atom is 0.326 e. The van der Waals surface area contributed by atoms with Gasteiger partial charge in [-0.3, -0.25) is 9.59 Å². The summed E-state index contributed by atoms with van der Waals surface area (Å²) < 4.78 is 18.5. The quantitative estimate of drug-likeness (QED) is 0.316. The molecule has 28 heavy (non-hydrogen) atoms. The highest BCUT2D eigenvalue weighted by Gasteiger charge is 2.26. The first-order valence-electron chi connectivity index (χ1n) is 8.37. The van der Waals surface area contributed by atoms with Crippen molar-refractivity contribution in [2.24, 2.45) is 0 Å². The number of carbonyl (C=O) groups excluding carboxylic acids is 2. The Labute approximate surface area is 159 Å². The Morgan fingerprint density at radius 3 is 2.82 bits per heavy atom. The van der Waals surface area contributed by atoms with Gasteiger partial charge in [-0.05, 0) is 30.2 Å². The van der Waals surface area contributed by atoms with Crippen molar-refractivity contribution in [3.05, 3.63) is 41.3 Å². The molecule has 1 amide bonds. The molecule has 2 aromatic rings. The number of benzene rings is 1. The molecule has 1 aromatic carbocycles. The Balaban J connectivity index is 2.07. The van der Waals surface area contributed by atoms with Gasteiger partial charge in [0, 0.05) is 37.1 Å². The van der Waals surface area contributed by atoms with E-state index in [1.54, 1.807) is 12.3 Å². The van der Waals surface area contributed by atoms with E-state index in [1.807, 2.05) is 0 Å². The van der Waals surface area contributed by atoms with Gasteiger partial charge in [-0.25, -0.2) is 9.18 Å². The lowest BCUT2D eigenvalue weighted by molar-refractivity contribution is -0.144. The summed E-state index contributed by atoms with van der Waals surface area (Å²) in [5.41, 5.74) is 9.57. The number of hydrogen-bond acceptors (Lipinski definition) is 4. The van der Waals surface area contributed by atoms with Crippen molar-refractivity contribution in [1.29, 1.82) is 0 Å². The number of nitrogens with one attached hydrogen (secondary N) is 2. The molecule has 1 heterocycles. The number of carboxylic acid groups (broad SMARTS) is 1. The van der Waals surface area contributed by atoms with E-state index in [-0.39, 0.29) is 19.3 Å². The number of aliphatic carboxylic acids is 1. The molecule has 2 rings (SSSR count). The van der Waals surface area contributed by atoms with E-state index in [1.165, 1.54) is 19.2 Å². The van der Waals surface area contributed by atoms with Crippen LogP contribution in [0.25, 0.3) is 16.4 Å².